The molecular weight excluding hydrogens is 773 g/mol. The number of hydrogen-bond donors (Lipinski definition) is 4. The average molecular weight is 806 g/mol. The number of carbonyl (C=O) groups excluding carboxylic acids is 2. The van der Waals surface area contributed by atoms with Crippen LogP contribution in [0, 0.1) is 17.6 Å². The Morgan fingerprint density at radius 3 is 2.60 bits per heavy atom. The molecule has 4 aliphatic rings. The van der Waals surface area contributed by atoms with Crippen LogP contribution in [0.5, 0.6) is 0 Å². The summed E-state index contributed by atoms with van der Waals surface area (Å²) < 4.78 is 33.6. The molecule has 0 bridgehead atoms. The predicted molar refractivity (Wildman–Crippen MR) is 201 cm³/mol. The number of nitrogens with one attached hydrogen (secondary N) is 1. The molecule has 3 aliphatic heterocycles. The Bertz CT molecular complexity index is 2170. The Balaban J connectivity index is 0.974. The maximum atomic E-state index is 16.1. The number of thiocarbonyl (C=S) groups is 1. The molecule has 14 nitrogen and oxygen atoms in total. The van der Waals surface area contributed by atoms with Gasteiger partial charge >= 0.3 is 11.9 Å². The fourth-order valence-corrected chi connectivity index (χ4v) is 10.1. The van der Waals surface area contributed by atoms with Crippen molar-refractivity contribution in [1.29, 1.82) is 0 Å². The zero-order chi connectivity index (χ0) is 37.9. The van der Waals surface area contributed by atoms with Crippen molar-refractivity contribution in [1.82, 2.24) is 24.7 Å². The van der Waals surface area contributed by atoms with E-state index in [4.69, 9.17) is 18.0 Å². The molecule has 2 amide bonds. The number of hydrogen-bond acceptors (Lipinski definition) is 12. The molecule has 3 aromatic rings. The molecule has 5 N–H and O–H groups in total. The Kier molecular flexibility index (Phi) is 10.2. The third kappa shape index (κ3) is 7.08. The second-order valence-electron chi connectivity index (χ2n) is 13.3. The Morgan fingerprint density at radius 1 is 1.19 bits per heavy atom. The first-order chi connectivity index (χ1) is 25.2. The van der Waals surface area contributed by atoms with Crippen molar-refractivity contribution in [2.45, 2.75) is 43.1 Å². The van der Waals surface area contributed by atoms with E-state index in [2.05, 4.69) is 10.3 Å². The number of amides is 2. The van der Waals surface area contributed by atoms with Gasteiger partial charge in [-0.3, -0.25) is 19.3 Å². The highest BCUT2D eigenvalue weighted by Gasteiger charge is 2.54. The molecule has 53 heavy (non-hydrogen) atoms. The van der Waals surface area contributed by atoms with Crippen LogP contribution in [-0.4, -0.2) is 107 Å². The molecule has 0 radical (unpaired) electrons. The molecule has 1 saturated carbocycles. The second kappa shape index (κ2) is 14.5. The summed E-state index contributed by atoms with van der Waals surface area (Å²) in [7, 11) is 1.79. The normalized spacial score (nSPS) is 21.1. The first kappa shape index (κ1) is 37.1. The van der Waals surface area contributed by atoms with E-state index in [0.29, 0.717) is 65.4 Å². The number of aromatic carboxylic acids is 1. The minimum atomic E-state index is -1.46. The molecule has 5 heterocycles. The molecule has 0 spiro atoms. The van der Waals surface area contributed by atoms with Crippen molar-refractivity contribution in [3.8, 4) is 0 Å². The van der Waals surface area contributed by atoms with Gasteiger partial charge < -0.3 is 35.6 Å². The van der Waals surface area contributed by atoms with Gasteiger partial charge in [0.15, 0.2) is 10.9 Å². The number of pyridine rings is 1. The number of aliphatic carboxylic acids is 1. The van der Waals surface area contributed by atoms with Crippen LogP contribution >= 0.6 is 47.1 Å². The molecule has 3 fully saturated rings. The maximum absolute atomic E-state index is 16.1. The number of nitrogens with zero attached hydrogens (tertiary/aromatic N) is 5. The van der Waals surface area contributed by atoms with Crippen molar-refractivity contribution in [2.24, 2.45) is 5.92 Å². The number of fused-ring (bicyclic) bond motifs is 2. The Hall–Kier alpha value is -4.27. The molecule has 1 aromatic carbocycles. The molecular formula is C33H33F2N7O7S4. The summed E-state index contributed by atoms with van der Waals surface area (Å²) in [5.41, 5.74) is 4.68. The van der Waals surface area contributed by atoms with E-state index in [0.717, 1.165) is 12.3 Å². The van der Waals surface area contributed by atoms with E-state index in [1.807, 2.05) is 4.90 Å². The SMILES string of the molecule is CN(CC1CCN(c2c(F)cc3c(=O)c(C(=O)O)cn(C4CC4)c3c2F)C1)C(=S)SCC1=C(C(=O)O)N2C(=O)C(NC(=O)Cc3csc(N)n3)C2SC1. The number of carboxylic acid groups (broad SMARTS) is 2. The maximum Gasteiger partial charge on any atom is 0.352 e. The summed E-state index contributed by atoms with van der Waals surface area (Å²) in [6.45, 7) is 1.10. The van der Waals surface area contributed by atoms with Crippen molar-refractivity contribution in [2.75, 3.05) is 48.8 Å². The summed E-state index contributed by atoms with van der Waals surface area (Å²) in [5, 5.41) is 23.4. The number of nitrogen functional groups attached to an aromatic ring is 1. The second-order valence-corrected chi connectivity index (χ2v) is 16.9. The van der Waals surface area contributed by atoms with Gasteiger partial charge in [0.05, 0.1) is 23.0 Å². The van der Waals surface area contributed by atoms with Crippen molar-refractivity contribution < 1.29 is 38.2 Å². The minimum Gasteiger partial charge on any atom is -0.477 e. The topological polar surface area (TPSA) is 191 Å². The first-order valence-corrected chi connectivity index (χ1v) is 19.9. The van der Waals surface area contributed by atoms with E-state index in [1.165, 1.54) is 44.3 Å². The van der Waals surface area contributed by atoms with Crippen LogP contribution in [0.4, 0.5) is 19.6 Å². The molecule has 3 unspecified atom stereocenters. The van der Waals surface area contributed by atoms with Gasteiger partial charge in [0.1, 0.15) is 38.5 Å². The fraction of sp³-hybridized carbons (Fsp3) is 0.424. The predicted octanol–water partition coefficient (Wildman–Crippen LogP) is 3.11. The summed E-state index contributed by atoms with van der Waals surface area (Å²) in [6, 6.07) is -0.103. The van der Waals surface area contributed by atoms with Crippen LogP contribution in [0.15, 0.2) is 33.7 Å². The minimum absolute atomic E-state index is 0.0356. The zero-order valence-corrected chi connectivity index (χ0v) is 31.3. The number of carboxylic acids is 2. The van der Waals surface area contributed by atoms with Gasteiger partial charge in [0, 0.05) is 55.8 Å². The van der Waals surface area contributed by atoms with Gasteiger partial charge in [0.2, 0.25) is 11.3 Å². The van der Waals surface area contributed by atoms with Gasteiger partial charge in [-0.25, -0.2) is 23.4 Å². The van der Waals surface area contributed by atoms with Crippen molar-refractivity contribution in [3.05, 3.63) is 62.0 Å². The zero-order valence-electron chi connectivity index (χ0n) is 28.0. The third-order valence-electron chi connectivity index (χ3n) is 9.65. The lowest BCUT2D eigenvalue weighted by molar-refractivity contribution is -0.150. The highest BCUT2D eigenvalue weighted by atomic mass is 32.2. The van der Waals surface area contributed by atoms with Gasteiger partial charge in [-0.05, 0) is 36.8 Å². The number of anilines is 2. The van der Waals surface area contributed by atoms with Crippen LogP contribution in [0.25, 0.3) is 10.9 Å². The first-order valence-electron chi connectivity index (χ1n) is 16.6. The van der Waals surface area contributed by atoms with E-state index >= 15 is 8.78 Å². The monoisotopic (exact) mass is 805 g/mol. The third-order valence-corrected chi connectivity index (χ3v) is 13.4. The lowest BCUT2D eigenvalue weighted by Crippen LogP contribution is -2.70. The van der Waals surface area contributed by atoms with E-state index in [-0.39, 0.29) is 46.4 Å². The molecule has 1 aliphatic carbocycles. The molecule has 20 heteroatoms. The van der Waals surface area contributed by atoms with Crippen LogP contribution in [0.3, 0.4) is 0 Å². The summed E-state index contributed by atoms with van der Waals surface area (Å²) >= 11 is 9.47. The van der Waals surface area contributed by atoms with Crippen LogP contribution in [0.2, 0.25) is 0 Å². The molecule has 3 atom stereocenters. The summed E-state index contributed by atoms with van der Waals surface area (Å²) in [4.78, 5) is 71.2. The Labute approximate surface area is 318 Å². The van der Waals surface area contributed by atoms with Crippen molar-refractivity contribution in [3.63, 3.8) is 0 Å². The average Bonchev–Trinajstić information content (AvgIpc) is 3.73. The number of carbonyl (C=O) groups is 4. The summed E-state index contributed by atoms with van der Waals surface area (Å²) in [6.07, 6.45) is 3.07. The number of halogens is 2. The Morgan fingerprint density at radius 2 is 1.94 bits per heavy atom. The fourth-order valence-electron chi connectivity index (χ4n) is 7.01. The van der Waals surface area contributed by atoms with E-state index < -0.39 is 57.8 Å². The molecule has 7 rings (SSSR count). The summed E-state index contributed by atoms with van der Waals surface area (Å²) in [5.74, 6) is -4.99. The number of thiazole rings is 1. The smallest absolute Gasteiger partial charge is 0.352 e. The lowest BCUT2D eigenvalue weighted by atomic mass is 10.0. The largest absolute Gasteiger partial charge is 0.477 e. The molecule has 2 saturated heterocycles. The van der Waals surface area contributed by atoms with Crippen molar-refractivity contribution >= 4 is 96.9 Å². The standard InChI is InChI=1S/C33H33F2N7O7S4/c1-39(8-14-4-5-40(9-14)26-20(34)7-18-25(22(26)35)41(17-2-3-17)10-19(27(18)44)30(46)47)33(50)53-12-15-11-51-29-23(28(45)42(29)24(15)31(48)49)38-21(43)6-16-13-52-32(36)37-16/h7,10,13-14,17,23,29H,2-6,8-9,11-12H2,1H3,(H2,36,37)(H,38,43)(H,46,47)(H,48,49). The van der Waals surface area contributed by atoms with E-state index in [1.54, 1.807) is 17.3 Å². The number of nitrogens with two attached hydrogens (primary N) is 1. The highest BCUT2D eigenvalue weighted by molar-refractivity contribution is 8.23. The van der Waals surface area contributed by atoms with Gasteiger partial charge in [-0.1, -0.05) is 24.0 Å². The number of aromatic nitrogens is 2. The van der Waals surface area contributed by atoms with Crippen LogP contribution in [0.1, 0.15) is 41.4 Å². The number of thioether (sulfide) groups is 2. The van der Waals surface area contributed by atoms with Gasteiger partial charge in [0.25, 0.3) is 5.91 Å². The van der Waals surface area contributed by atoms with E-state index in [9.17, 15) is 34.2 Å². The lowest BCUT2D eigenvalue weighted by Gasteiger charge is -2.49. The highest BCUT2D eigenvalue weighted by Crippen LogP contribution is 2.42. The van der Waals surface area contributed by atoms with Crippen LogP contribution in [-0.2, 0) is 20.8 Å². The number of rotatable bonds is 11. The quantitative estimate of drug-likeness (QED) is 0.163. The molecule has 2 aromatic heterocycles. The molecule has 280 valence electrons. The van der Waals surface area contributed by atoms with Gasteiger partial charge in [-0.15, -0.1) is 23.1 Å². The van der Waals surface area contributed by atoms with Gasteiger partial charge in [-0.2, -0.15) is 0 Å². The number of benzene rings is 1. The van der Waals surface area contributed by atoms with Crippen LogP contribution < -0.4 is 21.4 Å². The number of β-lactam (4-membered cyclic amide) rings is 1.